The first-order valence-electron chi connectivity index (χ1n) is 7.37. The van der Waals surface area contributed by atoms with Crippen molar-refractivity contribution < 1.29 is 9.53 Å². The maximum atomic E-state index is 12.2. The number of fused-ring (bicyclic) bond motifs is 2. The van der Waals surface area contributed by atoms with Gasteiger partial charge in [0.05, 0.1) is 5.92 Å². The summed E-state index contributed by atoms with van der Waals surface area (Å²) in [5.74, 6) is 2.83. The largest absolute Gasteiger partial charge is 0.458 e. The van der Waals surface area contributed by atoms with E-state index in [9.17, 15) is 4.79 Å². The van der Waals surface area contributed by atoms with Crippen LogP contribution in [0.3, 0.4) is 0 Å². The van der Waals surface area contributed by atoms with Crippen molar-refractivity contribution in [1.82, 2.24) is 0 Å². The first kappa shape index (κ1) is 12.0. The number of carbonyl (C=O) groups is 1. The summed E-state index contributed by atoms with van der Waals surface area (Å²) < 4.78 is 6.98. The molecule has 4 fully saturated rings. The molecule has 4 rings (SSSR count). The first-order valence-corrected chi connectivity index (χ1v) is 8.90. The van der Waals surface area contributed by atoms with Gasteiger partial charge in [0.15, 0.2) is 0 Å². The van der Waals surface area contributed by atoms with Crippen molar-refractivity contribution in [2.75, 3.05) is 4.43 Å². The number of alkyl halides is 1. The smallest absolute Gasteiger partial charge is 0.309 e. The second-order valence-corrected chi connectivity index (χ2v) is 8.22. The Morgan fingerprint density at radius 2 is 2.06 bits per heavy atom. The maximum Gasteiger partial charge on any atom is 0.309 e. The summed E-state index contributed by atoms with van der Waals surface area (Å²) in [4.78, 5) is 12.2. The zero-order chi connectivity index (χ0) is 12.5. The molecule has 3 heteroatoms. The second-order valence-electron chi connectivity index (χ2n) is 7.34. The van der Waals surface area contributed by atoms with E-state index < -0.39 is 0 Å². The number of esters is 1. The van der Waals surface area contributed by atoms with Crippen LogP contribution in [0.4, 0.5) is 0 Å². The molecule has 0 heterocycles. The van der Waals surface area contributed by atoms with Crippen LogP contribution in [0, 0.1) is 29.1 Å². The molecule has 0 aromatic rings. The van der Waals surface area contributed by atoms with Gasteiger partial charge in [-0.05, 0) is 56.3 Å². The number of hydrogen-bond acceptors (Lipinski definition) is 2. The van der Waals surface area contributed by atoms with E-state index in [2.05, 4.69) is 22.6 Å². The Morgan fingerprint density at radius 3 is 2.83 bits per heavy atom. The van der Waals surface area contributed by atoms with Gasteiger partial charge < -0.3 is 4.74 Å². The normalized spacial score (nSPS) is 52.9. The van der Waals surface area contributed by atoms with Crippen molar-refractivity contribution in [3.8, 4) is 0 Å². The Morgan fingerprint density at radius 1 is 1.28 bits per heavy atom. The zero-order valence-electron chi connectivity index (χ0n) is 11.0. The van der Waals surface area contributed by atoms with E-state index in [1.54, 1.807) is 0 Å². The minimum absolute atomic E-state index is 0.0231. The van der Waals surface area contributed by atoms with Crippen molar-refractivity contribution in [3.63, 3.8) is 0 Å². The summed E-state index contributed by atoms with van der Waals surface area (Å²) in [5.41, 5.74) is 0.409. The van der Waals surface area contributed by atoms with Crippen LogP contribution in [0.5, 0.6) is 0 Å². The highest BCUT2D eigenvalue weighted by molar-refractivity contribution is 14.1. The Kier molecular flexibility index (Phi) is 2.42. The summed E-state index contributed by atoms with van der Waals surface area (Å²) in [7, 11) is 0. The van der Waals surface area contributed by atoms with Crippen LogP contribution in [0.2, 0.25) is 0 Å². The lowest BCUT2D eigenvalue weighted by Gasteiger charge is -2.57. The van der Waals surface area contributed by atoms with E-state index in [-0.39, 0.29) is 17.5 Å². The third-order valence-electron chi connectivity index (χ3n) is 6.40. The molecule has 4 aliphatic carbocycles. The van der Waals surface area contributed by atoms with Crippen LogP contribution in [-0.4, -0.2) is 16.0 Å². The lowest BCUT2D eigenvalue weighted by Crippen LogP contribution is -2.60. The van der Waals surface area contributed by atoms with E-state index in [1.165, 1.54) is 38.5 Å². The number of rotatable bonds is 3. The van der Waals surface area contributed by atoms with E-state index in [0.29, 0.717) is 5.41 Å². The maximum absolute atomic E-state index is 12.2. The molecule has 0 aliphatic heterocycles. The van der Waals surface area contributed by atoms with Gasteiger partial charge in [-0.15, -0.1) is 0 Å². The van der Waals surface area contributed by atoms with Gasteiger partial charge in [0.2, 0.25) is 0 Å². The molecule has 1 spiro atoms. The molecular weight excluding hydrogens is 339 g/mol. The predicted molar refractivity (Wildman–Crippen MR) is 77.5 cm³/mol. The summed E-state index contributed by atoms with van der Waals surface area (Å²) >= 11 is 2.28. The van der Waals surface area contributed by atoms with Gasteiger partial charge in [0, 0.05) is 9.84 Å². The van der Waals surface area contributed by atoms with Gasteiger partial charge >= 0.3 is 5.97 Å². The summed E-state index contributed by atoms with van der Waals surface area (Å²) in [6, 6.07) is 0. The molecule has 6 atom stereocenters. The van der Waals surface area contributed by atoms with Gasteiger partial charge in [0.1, 0.15) is 5.60 Å². The van der Waals surface area contributed by atoms with Crippen LogP contribution < -0.4 is 0 Å². The van der Waals surface area contributed by atoms with Crippen LogP contribution >= 0.6 is 22.6 Å². The fourth-order valence-electron chi connectivity index (χ4n) is 5.83. The highest BCUT2D eigenvalue weighted by Gasteiger charge is 2.76. The topological polar surface area (TPSA) is 26.3 Å². The zero-order valence-corrected chi connectivity index (χ0v) is 13.1. The average Bonchev–Trinajstić information content (AvgIpc) is 2.65. The average molecular weight is 360 g/mol. The predicted octanol–water partition coefficient (Wildman–Crippen LogP) is 3.57. The molecular formula is C15H21IO2. The Hall–Kier alpha value is 0.200. The first-order chi connectivity index (χ1) is 8.58. The third-order valence-corrected chi connectivity index (χ3v) is 7.72. The van der Waals surface area contributed by atoms with E-state index in [4.69, 9.17) is 4.74 Å². The summed E-state index contributed by atoms with van der Waals surface area (Å²) in [6.07, 6.45) is 7.93. The lowest BCUT2D eigenvalue weighted by atomic mass is 9.52. The highest BCUT2D eigenvalue weighted by atomic mass is 127. The number of hydrogen-bond donors (Lipinski definition) is 0. The molecule has 0 radical (unpaired) electrons. The van der Waals surface area contributed by atoms with Crippen molar-refractivity contribution in [1.29, 1.82) is 0 Å². The molecule has 0 N–H and O–H groups in total. The molecule has 0 saturated heterocycles. The molecule has 0 aromatic carbocycles. The number of carbonyl (C=O) groups excluding carboxylic acids is 1. The van der Waals surface area contributed by atoms with E-state index in [0.717, 1.165) is 22.2 Å². The quantitative estimate of drug-likeness (QED) is 0.437. The number of halogens is 1. The van der Waals surface area contributed by atoms with E-state index in [1.807, 2.05) is 6.92 Å². The van der Waals surface area contributed by atoms with Crippen molar-refractivity contribution in [3.05, 3.63) is 0 Å². The van der Waals surface area contributed by atoms with Gasteiger partial charge in [0.25, 0.3) is 0 Å². The Balaban J connectivity index is 1.60. The molecule has 18 heavy (non-hydrogen) atoms. The summed E-state index contributed by atoms with van der Waals surface area (Å²) in [6.45, 7) is 2.00. The van der Waals surface area contributed by atoms with Crippen molar-refractivity contribution in [2.24, 2.45) is 29.1 Å². The van der Waals surface area contributed by atoms with Crippen LogP contribution in [0.1, 0.15) is 45.4 Å². The van der Waals surface area contributed by atoms with Crippen LogP contribution in [0.15, 0.2) is 0 Å². The Bertz CT molecular complexity index is 403. The lowest BCUT2D eigenvalue weighted by molar-refractivity contribution is -0.217. The fraction of sp³-hybridized carbons (Fsp3) is 0.933. The van der Waals surface area contributed by atoms with E-state index >= 15 is 0 Å². The third kappa shape index (κ3) is 1.27. The molecule has 5 unspecified atom stereocenters. The molecule has 4 saturated carbocycles. The second kappa shape index (κ2) is 3.64. The molecule has 0 aromatic heterocycles. The molecule has 4 aliphatic rings. The van der Waals surface area contributed by atoms with Gasteiger partial charge in [-0.2, -0.15) is 0 Å². The minimum atomic E-state index is -0.0231. The molecule has 2 nitrogen and oxygen atoms in total. The van der Waals surface area contributed by atoms with Crippen molar-refractivity contribution >= 4 is 28.6 Å². The molecule has 100 valence electrons. The van der Waals surface area contributed by atoms with Gasteiger partial charge in [-0.1, -0.05) is 29.5 Å². The number of ether oxygens (including phenoxy) is 1. The molecule has 0 amide bonds. The van der Waals surface area contributed by atoms with Gasteiger partial charge in [-0.25, -0.2) is 0 Å². The SMILES string of the molecule is C[C@@H](CI)C(=O)OC12CC3CC4CC(C1)C2(C4)C3. The van der Waals surface area contributed by atoms with Crippen molar-refractivity contribution in [2.45, 2.75) is 51.0 Å². The highest BCUT2D eigenvalue weighted by Crippen LogP contribution is 2.78. The molecule has 3 bridgehead atoms. The standard InChI is InChI=1S/C15H21IO2/c1-9(8-16)13(17)18-15-6-11-2-10-3-12(7-15)14(15,4-10)5-11/h9-12H,2-8H2,1H3/t9-,10?,11?,12?,14?,15?/m0/s1. The fourth-order valence-corrected chi connectivity index (χ4v) is 6.19. The van der Waals surface area contributed by atoms with Crippen LogP contribution in [0.25, 0.3) is 0 Å². The summed E-state index contributed by atoms with van der Waals surface area (Å²) in [5, 5.41) is 0. The van der Waals surface area contributed by atoms with Gasteiger partial charge in [-0.3, -0.25) is 4.79 Å². The van der Waals surface area contributed by atoms with Crippen LogP contribution in [-0.2, 0) is 9.53 Å². The minimum Gasteiger partial charge on any atom is -0.458 e. The monoisotopic (exact) mass is 360 g/mol. The Labute approximate surface area is 122 Å².